The van der Waals surface area contributed by atoms with Crippen LogP contribution in [-0.2, 0) is 4.79 Å². The van der Waals surface area contributed by atoms with Gasteiger partial charge in [-0.3, -0.25) is 10.0 Å². The van der Waals surface area contributed by atoms with Crippen molar-refractivity contribution >= 4 is 17.3 Å². The Hall–Kier alpha value is -3.11. The van der Waals surface area contributed by atoms with Gasteiger partial charge in [-0.25, -0.2) is 5.48 Å². The summed E-state index contributed by atoms with van der Waals surface area (Å²) in [5.74, 6) is -1.01. The van der Waals surface area contributed by atoms with Gasteiger partial charge in [0.1, 0.15) is 0 Å². The number of carbonyl (C=O) groups is 1. The predicted molar refractivity (Wildman–Crippen MR) is 94.4 cm³/mol. The number of rotatable bonds is 5. The van der Waals surface area contributed by atoms with Crippen LogP contribution in [-0.4, -0.2) is 11.1 Å². The maximum absolute atomic E-state index is 12.1. The highest BCUT2D eigenvalue weighted by Gasteiger charge is 2.22. The monoisotopic (exact) mass is 318 g/mol. The molecule has 0 aromatic heterocycles. The van der Waals surface area contributed by atoms with E-state index in [1.54, 1.807) is 5.48 Å². The first-order valence-electron chi connectivity index (χ1n) is 7.69. The first-order chi connectivity index (χ1) is 11.8. The number of amides is 1. The van der Waals surface area contributed by atoms with Crippen LogP contribution in [0.2, 0.25) is 0 Å². The molecule has 0 fully saturated rings. The molecule has 3 aromatic carbocycles. The van der Waals surface area contributed by atoms with Crippen LogP contribution in [0.1, 0.15) is 17.0 Å². The fraction of sp³-hybridized carbons (Fsp3) is 0.0500. The van der Waals surface area contributed by atoms with E-state index in [1.807, 2.05) is 84.9 Å². The van der Waals surface area contributed by atoms with Crippen molar-refractivity contribution in [2.45, 2.75) is 5.92 Å². The van der Waals surface area contributed by atoms with Gasteiger partial charge >= 0.3 is 0 Å². The average Bonchev–Trinajstić information content (AvgIpc) is 2.65. The van der Waals surface area contributed by atoms with Gasteiger partial charge in [0.15, 0.2) is 0 Å². The Labute approximate surface area is 140 Å². The van der Waals surface area contributed by atoms with Crippen molar-refractivity contribution in [1.82, 2.24) is 5.48 Å². The van der Waals surface area contributed by atoms with Crippen LogP contribution < -0.4 is 10.8 Å². The van der Waals surface area contributed by atoms with Gasteiger partial charge in [-0.1, -0.05) is 60.7 Å². The first kappa shape index (κ1) is 15.8. The van der Waals surface area contributed by atoms with E-state index in [4.69, 9.17) is 5.21 Å². The minimum absolute atomic E-state index is 0.454. The highest BCUT2D eigenvalue weighted by molar-refractivity contribution is 5.86. The summed E-state index contributed by atoms with van der Waals surface area (Å²) < 4.78 is 0. The molecule has 4 heteroatoms. The van der Waals surface area contributed by atoms with E-state index < -0.39 is 11.8 Å². The lowest BCUT2D eigenvalue weighted by molar-refractivity contribution is -0.129. The Morgan fingerprint density at radius 1 is 0.708 bits per heavy atom. The molecule has 3 N–H and O–H groups in total. The van der Waals surface area contributed by atoms with Crippen LogP contribution >= 0.6 is 0 Å². The lowest BCUT2D eigenvalue weighted by atomic mass is 9.90. The lowest BCUT2D eigenvalue weighted by Gasteiger charge is -2.16. The first-order valence-corrected chi connectivity index (χ1v) is 7.69. The van der Waals surface area contributed by atoms with Crippen molar-refractivity contribution < 1.29 is 10.0 Å². The highest BCUT2D eigenvalue weighted by Crippen LogP contribution is 2.26. The molecule has 0 bridgehead atoms. The van der Waals surface area contributed by atoms with E-state index in [0.29, 0.717) is 0 Å². The van der Waals surface area contributed by atoms with Crippen LogP contribution in [0.25, 0.3) is 0 Å². The number of benzene rings is 3. The number of anilines is 2. The molecule has 0 spiro atoms. The number of hydroxylamine groups is 1. The van der Waals surface area contributed by atoms with Gasteiger partial charge in [0.2, 0.25) is 0 Å². The van der Waals surface area contributed by atoms with Gasteiger partial charge < -0.3 is 5.32 Å². The Kier molecular flexibility index (Phi) is 4.89. The molecular weight excluding hydrogens is 300 g/mol. The molecule has 0 aliphatic rings. The molecule has 24 heavy (non-hydrogen) atoms. The summed E-state index contributed by atoms with van der Waals surface area (Å²) in [6.07, 6.45) is 0. The molecule has 1 amide bonds. The lowest BCUT2D eigenvalue weighted by Crippen LogP contribution is -2.27. The molecule has 1 unspecified atom stereocenters. The highest BCUT2D eigenvalue weighted by atomic mass is 16.5. The fourth-order valence-corrected chi connectivity index (χ4v) is 2.65. The molecule has 0 saturated heterocycles. The normalized spacial score (nSPS) is 11.5. The number of para-hydroxylation sites is 1. The third-order valence-corrected chi connectivity index (χ3v) is 3.81. The van der Waals surface area contributed by atoms with Gasteiger partial charge in [0, 0.05) is 11.4 Å². The maximum atomic E-state index is 12.1. The zero-order valence-electron chi connectivity index (χ0n) is 13.0. The molecule has 1 atom stereocenters. The molecule has 0 saturated carbocycles. The van der Waals surface area contributed by atoms with Gasteiger partial charge in [-0.15, -0.1) is 0 Å². The summed E-state index contributed by atoms with van der Waals surface area (Å²) >= 11 is 0. The molecule has 3 rings (SSSR count). The minimum Gasteiger partial charge on any atom is -0.356 e. The van der Waals surface area contributed by atoms with Crippen molar-refractivity contribution in [1.29, 1.82) is 0 Å². The second-order valence-electron chi connectivity index (χ2n) is 5.43. The van der Waals surface area contributed by atoms with E-state index >= 15 is 0 Å². The van der Waals surface area contributed by atoms with Crippen LogP contribution in [0, 0.1) is 0 Å². The van der Waals surface area contributed by atoms with E-state index in [2.05, 4.69) is 5.32 Å². The smallest absolute Gasteiger partial charge is 0.255 e. The topological polar surface area (TPSA) is 61.4 Å². The third kappa shape index (κ3) is 3.62. The standard InChI is InChI=1S/C20H18N2O2/c23-20(22-24)19(15-7-3-1-4-8-15)16-11-13-18(14-12-16)21-17-9-5-2-6-10-17/h1-14,19,21,24H,(H,22,23). The van der Waals surface area contributed by atoms with Crippen LogP contribution in [0.5, 0.6) is 0 Å². The molecule has 0 aliphatic carbocycles. The number of carbonyl (C=O) groups excluding carboxylic acids is 1. The molecule has 0 aliphatic heterocycles. The maximum Gasteiger partial charge on any atom is 0.255 e. The fourth-order valence-electron chi connectivity index (χ4n) is 2.65. The summed E-state index contributed by atoms with van der Waals surface area (Å²) in [7, 11) is 0. The van der Waals surface area contributed by atoms with Crippen molar-refractivity contribution in [3.8, 4) is 0 Å². The van der Waals surface area contributed by atoms with Crippen molar-refractivity contribution in [2.24, 2.45) is 0 Å². The molecule has 120 valence electrons. The van der Waals surface area contributed by atoms with Crippen LogP contribution in [0.3, 0.4) is 0 Å². The van der Waals surface area contributed by atoms with Gasteiger partial charge in [-0.2, -0.15) is 0 Å². The third-order valence-electron chi connectivity index (χ3n) is 3.81. The van der Waals surface area contributed by atoms with E-state index in [0.717, 1.165) is 22.5 Å². The average molecular weight is 318 g/mol. The van der Waals surface area contributed by atoms with Gasteiger partial charge in [0.25, 0.3) is 5.91 Å². The largest absolute Gasteiger partial charge is 0.356 e. The predicted octanol–water partition coefficient (Wildman–Crippen LogP) is 4.07. The Morgan fingerprint density at radius 2 is 1.21 bits per heavy atom. The van der Waals surface area contributed by atoms with Gasteiger partial charge in [-0.05, 0) is 35.4 Å². The van der Waals surface area contributed by atoms with Crippen LogP contribution in [0.15, 0.2) is 84.9 Å². The Morgan fingerprint density at radius 3 is 1.79 bits per heavy atom. The SMILES string of the molecule is O=C(NO)C(c1ccccc1)c1ccc(Nc2ccccc2)cc1. The Balaban J connectivity index is 1.85. The Bertz CT molecular complexity index is 787. The van der Waals surface area contributed by atoms with Gasteiger partial charge in [0.05, 0.1) is 5.92 Å². The molecule has 0 heterocycles. The van der Waals surface area contributed by atoms with Crippen molar-refractivity contribution in [3.63, 3.8) is 0 Å². The second-order valence-corrected chi connectivity index (χ2v) is 5.43. The number of hydrogen-bond acceptors (Lipinski definition) is 3. The minimum atomic E-state index is -0.554. The van der Waals surface area contributed by atoms with E-state index in [9.17, 15) is 4.79 Å². The second kappa shape index (κ2) is 7.44. The molecule has 4 nitrogen and oxygen atoms in total. The quantitative estimate of drug-likeness (QED) is 0.491. The summed E-state index contributed by atoms with van der Waals surface area (Å²) in [5.41, 5.74) is 5.33. The van der Waals surface area contributed by atoms with E-state index in [-0.39, 0.29) is 0 Å². The summed E-state index contributed by atoms with van der Waals surface area (Å²) in [6.45, 7) is 0. The summed E-state index contributed by atoms with van der Waals surface area (Å²) in [4.78, 5) is 12.1. The summed E-state index contributed by atoms with van der Waals surface area (Å²) in [6, 6.07) is 26.9. The summed E-state index contributed by atoms with van der Waals surface area (Å²) in [5, 5.41) is 12.4. The number of nitrogens with one attached hydrogen (secondary N) is 2. The molecule has 0 radical (unpaired) electrons. The zero-order chi connectivity index (χ0) is 16.8. The van der Waals surface area contributed by atoms with Crippen molar-refractivity contribution in [3.05, 3.63) is 96.1 Å². The van der Waals surface area contributed by atoms with Crippen LogP contribution in [0.4, 0.5) is 11.4 Å². The van der Waals surface area contributed by atoms with Crippen molar-refractivity contribution in [2.75, 3.05) is 5.32 Å². The molecular formula is C20H18N2O2. The zero-order valence-corrected chi connectivity index (χ0v) is 13.0. The van der Waals surface area contributed by atoms with E-state index in [1.165, 1.54) is 0 Å². The number of hydrogen-bond donors (Lipinski definition) is 3. The molecule has 3 aromatic rings.